The van der Waals surface area contributed by atoms with E-state index in [1.54, 1.807) is 7.11 Å². The van der Waals surface area contributed by atoms with Crippen LogP contribution in [0.1, 0.15) is 24.8 Å². The van der Waals surface area contributed by atoms with Gasteiger partial charge in [-0.05, 0) is 32.0 Å². The van der Waals surface area contributed by atoms with Crippen molar-refractivity contribution in [3.8, 4) is 5.75 Å². The van der Waals surface area contributed by atoms with E-state index in [1.165, 1.54) is 11.3 Å². The number of likely N-dealkylation sites (N-methyl/N-ethyl adjacent to an activating group) is 1. The summed E-state index contributed by atoms with van der Waals surface area (Å²) >= 11 is 0. The van der Waals surface area contributed by atoms with E-state index in [0.717, 1.165) is 31.8 Å². The van der Waals surface area contributed by atoms with Crippen LogP contribution in [0.5, 0.6) is 5.75 Å². The quantitative estimate of drug-likeness (QED) is 0.843. The monoisotopic (exact) mass is 220 g/mol. The number of hydrogen-bond acceptors (Lipinski definition) is 3. The molecule has 1 aromatic rings. The lowest BCUT2D eigenvalue weighted by molar-refractivity contribution is 0.407. The first-order valence-corrected chi connectivity index (χ1v) is 5.93. The second-order valence-electron chi connectivity index (χ2n) is 4.21. The first kappa shape index (κ1) is 11.3. The van der Waals surface area contributed by atoms with Crippen molar-refractivity contribution < 1.29 is 4.74 Å². The Labute approximate surface area is 97.2 Å². The van der Waals surface area contributed by atoms with Crippen LogP contribution in [-0.2, 0) is 0 Å². The summed E-state index contributed by atoms with van der Waals surface area (Å²) in [6, 6.07) is 6.28. The molecule has 0 bridgehead atoms. The van der Waals surface area contributed by atoms with Crippen LogP contribution in [0.3, 0.4) is 0 Å². The van der Waals surface area contributed by atoms with E-state index < -0.39 is 0 Å². The SMILES string of the molecule is CCN1CC(CCN)c2c(OC)cccc21. The van der Waals surface area contributed by atoms with Gasteiger partial charge in [0.05, 0.1) is 7.11 Å². The molecule has 1 aliphatic rings. The van der Waals surface area contributed by atoms with Crippen LogP contribution in [0, 0.1) is 0 Å². The van der Waals surface area contributed by atoms with Crippen molar-refractivity contribution in [1.82, 2.24) is 0 Å². The molecular weight excluding hydrogens is 200 g/mol. The number of benzene rings is 1. The third kappa shape index (κ3) is 1.76. The fourth-order valence-electron chi connectivity index (χ4n) is 2.59. The van der Waals surface area contributed by atoms with Crippen molar-refractivity contribution in [1.29, 1.82) is 0 Å². The molecule has 0 saturated carbocycles. The van der Waals surface area contributed by atoms with Crippen molar-refractivity contribution in [2.75, 3.05) is 31.6 Å². The average molecular weight is 220 g/mol. The molecule has 16 heavy (non-hydrogen) atoms. The summed E-state index contributed by atoms with van der Waals surface area (Å²) in [6.07, 6.45) is 1.03. The normalized spacial score (nSPS) is 18.7. The van der Waals surface area contributed by atoms with Gasteiger partial charge in [-0.3, -0.25) is 0 Å². The molecule has 1 aromatic carbocycles. The summed E-state index contributed by atoms with van der Waals surface area (Å²) in [5, 5.41) is 0. The molecule has 0 radical (unpaired) electrons. The van der Waals surface area contributed by atoms with Crippen molar-refractivity contribution >= 4 is 5.69 Å². The van der Waals surface area contributed by atoms with E-state index in [2.05, 4.69) is 24.0 Å². The molecule has 88 valence electrons. The highest BCUT2D eigenvalue weighted by molar-refractivity contribution is 5.65. The second kappa shape index (κ2) is 4.74. The molecule has 0 saturated heterocycles. The summed E-state index contributed by atoms with van der Waals surface area (Å²) in [7, 11) is 1.74. The summed E-state index contributed by atoms with van der Waals surface area (Å²) in [5.74, 6) is 1.53. The maximum atomic E-state index is 5.68. The third-order valence-electron chi connectivity index (χ3n) is 3.35. The van der Waals surface area contributed by atoms with E-state index in [9.17, 15) is 0 Å². The molecule has 1 atom stereocenters. The minimum atomic E-state index is 0.524. The van der Waals surface area contributed by atoms with Gasteiger partial charge < -0.3 is 15.4 Å². The lowest BCUT2D eigenvalue weighted by Gasteiger charge is -2.16. The number of hydrogen-bond donors (Lipinski definition) is 1. The van der Waals surface area contributed by atoms with Crippen LogP contribution in [-0.4, -0.2) is 26.7 Å². The van der Waals surface area contributed by atoms with Crippen molar-refractivity contribution in [2.45, 2.75) is 19.3 Å². The van der Waals surface area contributed by atoms with Gasteiger partial charge in [-0.25, -0.2) is 0 Å². The number of rotatable bonds is 4. The number of ether oxygens (including phenoxy) is 1. The summed E-state index contributed by atoms with van der Waals surface area (Å²) < 4.78 is 5.46. The molecular formula is C13H20N2O. The van der Waals surface area contributed by atoms with Gasteiger partial charge in [0.1, 0.15) is 5.75 Å². The smallest absolute Gasteiger partial charge is 0.124 e. The van der Waals surface area contributed by atoms with Crippen molar-refractivity contribution in [3.05, 3.63) is 23.8 Å². The number of anilines is 1. The molecule has 0 fully saturated rings. The van der Waals surface area contributed by atoms with Crippen LogP contribution >= 0.6 is 0 Å². The van der Waals surface area contributed by atoms with Crippen LogP contribution < -0.4 is 15.4 Å². The highest BCUT2D eigenvalue weighted by Gasteiger charge is 2.29. The highest BCUT2D eigenvalue weighted by atomic mass is 16.5. The largest absolute Gasteiger partial charge is 0.496 e. The predicted molar refractivity (Wildman–Crippen MR) is 67.3 cm³/mol. The molecule has 1 unspecified atom stereocenters. The van der Waals surface area contributed by atoms with Gasteiger partial charge in [-0.15, -0.1) is 0 Å². The highest BCUT2D eigenvalue weighted by Crippen LogP contribution is 2.43. The molecule has 0 amide bonds. The number of nitrogens with zero attached hydrogens (tertiary/aromatic N) is 1. The molecule has 2 rings (SSSR count). The predicted octanol–water partition coefficient (Wildman–Crippen LogP) is 1.97. The first-order chi connectivity index (χ1) is 7.81. The maximum Gasteiger partial charge on any atom is 0.124 e. The topological polar surface area (TPSA) is 38.5 Å². The van der Waals surface area contributed by atoms with Gasteiger partial charge in [0.15, 0.2) is 0 Å². The fourth-order valence-corrected chi connectivity index (χ4v) is 2.59. The van der Waals surface area contributed by atoms with Gasteiger partial charge in [0, 0.05) is 30.3 Å². The van der Waals surface area contributed by atoms with Crippen molar-refractivity contribution in [3.63, 3.8) is 0 Å². The van der Waals surface area contributed by atoms with E-state index in [1.807, 2.05) is 6.07 Å². The molecule has 2 N–H and O–H groups in total. The second-order valence-corrected chi connectivity index (χ2v) is 4.21. The van der Waals surface area contributed by atoms with Gasteiger partial charge >= 0.3 is 0 Å². The maximum absolute atomic E-state index is 5.68. The van der Waals surface area contributed by atoms with Gasteiger partial charge in [0.25, 0.3) is 0 Å². The van der Waals surface area contributed by atoms with E-state index in [4.69, 9.17) is 10.5 Å². The van der Waals surface area contributed by atoms with Crippen LogP contribution in [0.15, 0.2) is 18.2 Å². The van der Waals surface area contributed by atoms with Crippen LogP contribution in [0.4, 0.5) is 5.69 Å². The summed E-state index contributed by atoms with van der Waals surface area (Å²) in [4.78, 5) is 2.40. The first-order valence-electron chi connectivity index (χ1n) is 5.93. The zero-order valence-corrected chi connectivity index (χ0v) is 10.1. The Bertz CT molecular complexity index is 365. The molecule has 0 aliphatic carbocycles. The summed E-state index contributed by atoms with van der Waals surface area (Å²) in [6.45, 7) is 5.04. The number of methoxy groups -OCH3 is 1. The number of nitrogens with two attached hydrogens (primary N) is 1. The Kier molecular flexibility index (Phi) is 3.34. The van der Waals surface area contributed by atoms with Gasteiger partial charge in [0.2, 0.25) is 0 Å². The summed E-state index contributed by atoms with van der Waals surface area (Å²) in [5.41, 5.74) is 8.35. The molecule has 3 heteroatoms. The number of fused-ring (bicyclic) bond motifs is 1. The minimum absolute atomic E-state index is 0.524. The average Bonchev–Trinajstić information content (AvgIpc) is 2.68. The Morgan fingerprint density at radius 2 is 2.31 bits per heavy atom. The van der Waals surface area contributed by atoms with Crippen molar-refractivity contribution in [2.24, 2.45) is 5.73 Å². The molecule has 1 aliphatic heterocycles. The minimum Gasteiger partial charge on any atom is -0.496 e. The third-order valence-corrected chi connectivity index (χ3v) is 3.35. The Balaban J connectivity index is 2.41. The molecule has 0 spiro atoms. The zero-order chi connectivity index (χ0) is 11.5. The van der Waals surface area contributed by atoms with E-state index in [-0.39, 0.29) is 0 Å². The standard InChI is InChI=1S/C13H20N2O/c1-3-15-9-10(7-8-14)13-11(15)5-4-6-12(13)16-2/h4-6,10H,3,7-9,14H2,1-2H3. The van der Waals surface area contributed by atoms with Gasteiger partial charge in [-0.2, -0.15) is 0 Å². The molecule has 1 heterocycles. The van der Waals surface area contributed by atoms with Crippen LogP contribution in [0.25, 0.3) is 0 Å². The Hall–Kier alpha value is -1.22. The fraction of sp³-hybridized carbons (Fsp3) is 0.538. The lowest BCUT2D eigenvalue weighted by atomic mass is 9.97. The van der Waals surface area contributed by atoms with Crippen LogP contribution in [0.2, 0.25) is 0 Å². The Morgan fingerprint density at radius 3 is 2.94 bits per heavy atom. The molecule has 3 nitrogen and oxygen atoms in total. The van der Waals surface area contributed by atoms with Gasteiger partial charge in [-0.1, -0.05) is 6.07 Å². The Morgan fingerprint density at radius 1 is 1.50 bits per heavy atom. The lowest BCUT2D eigenvalue weighted by Crippen LogP contribution is -2.21. The molecule has 0 aromatic heterocycles. The zero-order valence-electron chi connectivity index (χ0n) is 10.1. The van der Waals surface area contributed by atoms with E-state index >= 15 is 0 Å². The van der Waals surface area contributed by atoms with E-state index in [0.29, 0.717) is 5.92 Å².